The molecule has 3 heteroatoms. The van der Waals surface area contributed by atoms with E-state index in [-0.39, 0.29) is 6.04 Å². The number of nitrogens with zero attached hydrogens (tertiary/aromatic N) is 3. The molecule has 2 atom stereocenters. The quantitative estimate of drug-likeness (QED) is 0.153. The van der Waals surface area contributed by atoms with Crippen molar-refractivity contribution in [1.29, 1.82) is 0 Å². The molecule has 0 N–H and O–H groups in total. The van der Waals surface area contributed by atoms with Gasteiger partial charge in [-0.15, -0.1) is 0 Å². The van der Waals surface area contributed by atoms with Gasteiger partial charge in [-0.05, 0) is 113 Å². The molecule has 0 amide bonds. The van der Waals surface area contributed by atoms with E-state index in [0.29, 0.717) is 5.92 Å². The van der Waals surface area contributed by atoms with Gasteiger partial charge in [-0.25, -0.2) is 4.98 Å². The van der Waals surface area contributed by atoms with Crippen LogP contribution in [-0.4, -0.2) is 15.6 Å². The molecular weight excluding hydrogens is 751 g/mol. The van der Waals surface area contributed by atoms with Gasteiger partial charge in [0.2, 0.25) is 0 Å². The standard InChI is InChI=1S/C59H45N3/c1-3-15-51-40(2)61(57-25-10-7-22-52(51)57)49-32-28-42(29-33-49)44-18-13-20-46(36-44)55-38-48(41-16-5-4-6-17-41)39-56(60-55)47-21-14-19-45(37-47)43-30-34-50(35-31-43)62-58-26-11-8-23-53(58)54-24-9-12-27-59(54)62/h3-39,52,57H,1-2H3/b15-3-. The summed E-state index contributed by atoms with van der Waals surface area (Å²) in [5.74, 6) is 0.365. The van der Waals surface area contributed by atoms with E-state index < -0.39 is 0 Å². The topological polar surface area (TPSA) is 21.1 Å². The van der Waals surface area contributed by atoms with Crippen LogP contribution in [0.5, 0.6) is 0 Å². The van der Waals surface area contributed by atoms with Crippen molar-refractivity contribution in [2.24, 2.45) is 5.92 Å². The normalized spacial score (nSPS) is 15.9. The molecule has 1 aliphatic carbocycles. The van der Waals surface area contributed by atoms with Gasteiger partial charge in [0, 0.05) is 44.9 Å². The molecule has 11 rings (SSSR count). The van der Waals surface area contributed by atoms with Gasteiger partial charge in [-0.3, -0.25) is 0 Å². The minimum absolute atomic E-state index is 0.288. The summed E-state index contributed by atoms with van der Waals surface area (Å²) < 4.78 is 2.37. The zero-order chi connectivity index (χ0) is 41.6. The molecule has 0 fully saturated rings. The van der Waals surface area contributed by atoms with Crippen molar-refractivity contribution < 1.29 is 0 Å². The molecular formula is C59H45N3. The zero-order valence-electron chi connectivity index (χ0n) is 34.9. The highest BCUT2D eigenvalue weighted by atomic mass is 15.2. The van der Waals surface area contributed by atoms with Gasteiger partial charge in [-0.1, -0.05) is 164 Å². The number of allylic oxidation sites excluding steroid dienone is 5. The molecule has 7 aromatic carbocycles. The fourth-order valence-corrected chi connectivity index (χ4v) is 9.67. The number of para-hydroxylation sites is 2. The maximum Gasteiger partial charge on any atom is 0.0715 e. The predicted molar refractivity (Wildman–Crippen MR) is 261 cm³/mol. The van der Waals surface area contributed by atoms with E-state index in [2.05, 4.69) is 248 Å². The molecule has 2 unspecified atom stereocenters. The first-order chi connectivity index (χ1) is 30.6. The van der Waals surface area contributed by atoms with E-state index in [1.165, 1.54) is 44.3 Å². The zero-order valence-corrected chi connectivity index (χ0v) is 34.9. The van der Waals surface area contributed by atoms with Crippen molar-refractivity contribution in [3.63, 3.8) is 0 Å². The van der Waals surface area contributed by atoms with Gasteiger partial charge in [0.25, 0.3) is 0 Å². The third-order valence-electron chi connectivity index (χ3n) is 12.7. The summed E-state index contributed by atoms with van der Waals surface area (Å²) in [6.07, 6.45) is 13.4. The molecule has 0 bridgehead atoms. The largest absolute Gasteiger partial charge is 0.337 e. The number of fused-ring (bicyclic) bond motifs is 4. The lowest BCUT2D eigenvalue weighted by atomic mass is 9.90. The Labute approximate surface area is 363 Å². The average molecular weight is 796 g/mol. The van der Waals surface area contributed by atoms with Gasteiger partial charge >= 0.3 is 0 Å². The Morgan fingerprint density at radius 2 is 0.952 bits per heavy atom. The van der Waals surface area contributed by atoms with E-state index >= 15 is 0 Å². The summed E-state index contributed by atoms with van der Waals surface area (Å²) in [5.41, 5.74) is 18.5. The van der Waals surface area contributed by atoms with Crippen LogP contribution in [-0.2, 0) is 0 Å². The number of pyridine rings is 1. The minimum Gasteiger partial charge on any atom is -0.337 e. The molecule has 296 valence electrons. The molecule has 0 saturated carbocycles. The highest BCUT2D eigenvalue weighted by molar-refractivity contribution is 6.09. The van der Waals surface area contributed by atoms with E-state index in [1.54, 1.807) is 0 Å². The summed E-state index contributed by atoms with van der Waals surface area (Å²) in [7, 11) is 0. The van der Waals surface area contributed by atoms with Crippen molar-refractivity contribution in [1.82, 2.24) is 9.55 Å². The molecule has 3 nitrogen and oxygen atoms in total. The van der Waals surface area contributed by atoms with Crippen LogP contribution in [0.25, 0.3) is 83.4 Å². The Kier molecular flexibility index (Phi) is 9.43. The van der Waals surface area contributed by atoms with E-state index in [4.69, 9.17) is 4.98 Å². The Morgan fingerprint density at radius 3 is 1.55 bits per heavy atom. The second-order valence-electron chi connectivity index (χ2n) is 16.3. The Balaban J connectivity index is 0.925. The molecule has 3 heterocycles. The number of anilines is 1. The van der Waals surface area contributed by atoms with Crippen LogP contribution in [0.2, 0.25) is 0 Å². The van der Waals surface area contributed by atoms with Gasteiger partial charge in [0.05, 0.1) is 28.5 Å². The minimum atomic E-state index is 0.288. The molecule has 62 heavy (non-hydrogen) atoms. The van der Waals surface area contributed by atoms with Crippen LogP contribution in [0, 0.1) is 5.92 Å². The van der Waals surface area contributed by atoms with Crippen molar-refractivity contribution in [3.05, 3.63) is 236 Å². The predicted octanol–water partition coefficient (Wildman–Crippen LogP) is 15.3. The molecule has 9 aromatic rings. The third kappa shape index (κ3) is 6.60. The van der Waals surface area contributed by atoms with E-state index in [9.17, 15) is 0 Å². The van der Waals surface area contributed by atoms with E-state index in [1.807, 2.05) is 0 Å². The van der Waals surface area contributed by atoms with Crippen LogP contribution >= 0.6 is 0 Å². The second-order valence-corrected chi connectivity index (χ2v) is 16.3. The molecule has 0 saturated heterocycles. The van der Waals surface area contributed by atoms with Crippen LogP contribution in [0.1, 0.15) is 13.8 Å². The SMILES string of the molecule is C/C=C\C1=C(C)N(c2ccc(-c3cccc(-c4cc(-c5ccccc5)cc(-c5cccc(-c6ccc(-n7c8ccccc8c8ccccc87)cc6)c5)n4)c3)cc2)C2C=CC=CC12. The molecule has 2 aliphatic rings. The fourth-order valence-electron chi connectivity index (χ4n) is 9.67. The van der Waals surface area contributed by atoms with E-state index in [0.717, 1.165) is 56.0 Å². The van der Waals surface area contributed by atoms with Crippen LogP contribution in [0.4, 0.5) is 5.69 Å². The number of aromatic nitrogens is 2. The van der Waals surface area contributed by atoms with Crippen molar-refractivity contribution in [2.75, 3.05) is 4.90 Å². The van der Waals surface area contributed by atoms with Crippen LogP contribution in [0.3, 0.4) is 0 Å². The number of benzene rings is 7. The van der Waals surface area contributed by atoms with Crippen molar-refractivity contribution in [2.45, 2.75) is 19.9 Å². The lowest BCUT2D eigenvalue weighted by molar-refractivity contribution is 0.683. The first-order valence-corrected chi connectivity index (χ1v) is 21.6. The first-order valence-electron chi connectivity index (χ1n) is 21.6. The second kappa shape index (κ2) is 15.7. The summed E-state index contributed by atoms with van der Waals surface area (Å²) in [6, 6.07) is 68.3. The molecule has 1 aliphatic heterocycles. The molecule has 0 spiro atoms. The smallest absolute Gasteiger partial charge is 0.0715 e. The molecule has 0 radical (unpaired) electrons. The van der Waals surface area contributed by atoms with Crippen LogP contribution < -0.4 is 4.90 Å². The summed E-state index contributed by atoms with van der Waals surface area (Å²) >= 11 is 0. The Hall–Kier alpha value is -7.75. The number of hydrogen-bond donors (Lipinski definition) is 0. The van der Waals surface area contributed by atoms with Crippen molar-refractivity contribution in [3.8, 4) is 61.6 Å². The summed E-state index contributed by atoms with van der Waals surface area (Å²) in [4.78, 5) is 7.86. The first kappa shape index (κ1) is 37.3. The lowest BCUT2D eigenvalue weighted by Crippen LogP contribution is -2.32. The highest BCUT2D eigenvalue weighted by Gasteiger charge is 2.36. The third-order valence-corrected chi connectivity index (χ3v) is 12.7. The summed E-state index contributed by atoms with van der Waals surface area (Å²) in [6.45, 7) is 4.35. The Morgan fingerprint density at radius 1 is 0.452 bits per heavy atom. The monoisotopic (exact) mass is 795 g/mol. The van der Waals surface area contributed by atoms with Gasteiger partial charge in [0.15, 0.2) is 0 Å². The fraction of sp³-hybridized carbons (Fsp3) is 0.0678. The van der Waals surface area contributed by atoms with Gasteiger partial charge < -0.3 is 9.47 Å². The average Bonchev–Trinajstić information content (AvgIpc) is 3.83. The number of hydrogen-bond acceptors (Lipinski definition) is 2. The number of rotatable bonds is 8. The lowest BCUT2D eigenvalue weighted by Gasteiger charge is -2.30. The Bertz CT molecular complexity index is 3200. The maximum absolute atomic E-state index is 5.38. The van der Waals surface area contributed by atoms with Crippen LogP contribution in [0.15, 0.2) is 236 Å². The maximum atomic E-state index is 5.38. The van der Waals surface area contributed by atoms with Crippen molar-refractivity contribution >= 4 is 27.5 Å². The van der Waals surface area contributed by atoms with Gasteiger partial charge in [-0.2, -0.15) is 0 Å². The summed E-state index contributed by atoms with van der Waals surface area (Å²) in [5, 5.41) is 2.53. The molecule has 2 aromatic heterocycles. The highest BCUT2D eigenvalue weighted by Crippen LogP contribution is 2.42. The van der Waals surface area contributed by atoms with Gasteiger partial charge in [0.1, 0.15) is 0 Å².